The molecule has 25 heavy (non-hydrogen) atoms. The Bertz CT molecular complexity index is 701. The zero-order valence-electron chi connectivity index (χ0n) is 14.6. The third kappa shape index (κ3) is 4.81. The van der Waals surface area contributed by atoms with Crippen molar-refractivity contribution in [2.75, 3.05) is 18.0 Å². The van der Waals surface area contributed by atoms with Crippen molar-refractivity contribution in [2.24, 2.45) is 0 Å². The molecule has 1 aromatic carbocycles. The summed E-state index contributed by atoms with van der Waals surface area (Å²) < 4.78 is 15.3. The van der Waals surface area contributed by atoms with Crippen LogP contribution in [0.15, 0.2) is 36.9 Å². The van der Waals surface area contributed by atoms with Gasteiger partial charge in [0, 0.05) is 50.2 Å². The lowest BCUT2D eigenvalue weighted by atomic mass is 10.0. The highest BCUT2D eigenvalue weighted by Gasteiger charge is 2.22. The molecule has 3 rings (SSSR count). The van der Waals surface area contributed by atoms with Crippen LogP contribution in [-0.2, 0) is 11.3 Å². The van der Waals surface area contributed by atoms with Crippen molar-refractivity contribution in [3.63, 3.8) is 0 Å². The van der Waals surface area contributed by atoms with Gasteiger partial charge in [-0.05, 0) is 49.9 Å². The summed E-state index contributed by atoms with van der Waals surface area (Å²) in [6.45, 7) is 4.45. The number of nitrogens with zero attached hydrogens (tertiary/aromatic N) is 3. The van der Waals surface area contributed by atoms with Gasteiger partial charge in [0.25, 0.3) is 0 Å². The van der Waals surface area contributed by atoms with Gasteiger partial charge in [-0.1, -0.05) is 0 Å². The maximum atomic E-state index is 13.3. The first-order valence-corrected chi connectivity index (χ1v) is 8.88. The summed E-state index contributed by atoms with van der Waals surface area (Å²) in [5.74, 6) is -0.108. The highest BCUT2D eigenvalue weighted by Crippen LogP contribution is 2.24. The number of imidazole rings is 1. The molecule has 1 atom stereocenters. The minimum atomic E-state index is -0.207. The number of benzene rings is 1. The summed E-state index contributed by atoms with van der Waals surface area (Å²) >= 11 is 0. The summed E-state index contributed by atoms with van der Waals surface area (Å²) in [6, 6.07) is 5.05. The first-order valence-electron chi connectivity index (χ1n) is 8.88. The molecule has 0 spiro atoms. The van der Waals surface area contributed by atoms with E-state index in [4.69, 9.17) is 0 Å². The van der Waals surface area contributed by atoms with E-state index >= 15 is 0 Å². The molecule has 0 saturated carbocycles. The van der Waals surface area contributed by atoms with Crippen LogP contribution in [-0.4, -0.2) is 34.6 Å². The van der Waals surface area contributed by atoms with E-state index in [0.717, 1.165) is 50.1 Å². The van der Waals surface area contributed by atoms with Crippen molar-refractivity contribution >= 4 is 11.6 Å². The second-order valence-electron chi connectivity index (χ2n) is 6.69. The van der Waals surface area contributed by atoms with Gasteiger partial charge in [-0.3, -0.25) is 4.79 Å². The third-order valence-electron chi connectivity index (χ3n) is 4.67. The molecule has 2 aromatic rings. The van der Waals surface area contributed by atoms with Crippen molar-refractivity contribution in [3.8, 4) is 0 Å². The van der Waals surface area contributed by atoms with Gasteiger partial charge in [0.15, 0.2) is 0 Å². The molecule has 0 aliphatic carbocycles. The van der Waals surface area contributed by atoms with Crippen LogP contribution in [0.3, 0.4) is 0 Å². The molecular formula is C19H25FN4O. The van der Waals surface area contributed by atoms with Crippen molar-refractivity contribution in [1.82, 2.24) is 14.9 Å². The quantitative estimate of drug-likeness (QED) is 0.877. The van der Waals surface area contributed by atoms with Crippen LogP contribution < -0.4 is 10.2 Å². The zero-order chi connectivity index (χ0) is 17.6. The zero-order valence-corrected chi connectivity index (χ0v) is 14.6. The van der Waals surface area contributed by atoms with Crippen LogP contribution in [0.5, 0.6) is 0 Å². The first kappa shape index (κ1) is 17.5. The highest BCUT2D eigenvalue weighted by molar-refractivity contribution is 5.76. The number of carbonyl (C=O) groups excluding carboxylic acids is 1. The second kappa shape index (κ2) is 8.14. The van der Waals surface area contributed by atoms with Crippen molar-refractivity contribution in [3.05, 3.63) is 48.3 Å². The molecule has 1 aliphatic rings. The fourth-order valence-electron chi connectivity index (χ4n) is 3.43. The molecule has 1 N–H and O–H groups in total. The lowest BCUT2D eigenvalue weighted by Gasteiger charge is -2.35. The van der Waals surface area contributed by atoms with Crippen LogP contribution in [0.25, 0.3) is 0 Å². The highest BCUT2D eigenvalue weighted by atomic mass is 19.1. The lowest BCUT2D eigenvalue weighted by molar-refractivity contribution is -0.122. The van der Waals surface area contributed by atoms with E-state index in [1.54, 1.807) is 18.6 Å². The molecule has 5 nitrogen and oxygen atoms in total. The van der Waals surface area contributed by atoms with Gasteiger partial charge >= 0.3 is 0 Å². The number of anilines is 1. The number of amides is 1. The predicted octanol–water partition coefficient (Wildman–Crippen LogP) is 2.90. The minimum Gasteiger partial charge on any atom is -0.369 e. The maximum Gasteiger partial charge on any atom is 0.220 e. The fraction of sp³-hybridized carbons (Fsp3) is 0.474. The van der Waals surface area contributed by atoms with Gasteiger partial charge in [0.2, 0.25) is 5.91 Å². The Labute approximate surface area is 147 Å². The number of piperidine rings is 1. The molecule has 0 bridgehead atoms. The molecule has 134 valence electrons. The monoisotopic (exact) mass is 344 g/mol. The minimum absolute atomic E-state index is 0.0998. The third-order valence-corrected chi connectivity index (χ3v) is 4.67. The SMILES string of the molecule is Cc1cc(F)ccc1N1CCC[C@H](NC(=O)CCCn2ccnc2)C1. The molecule has 1 amide bonds. The van der Waals surface area contributed by atoms with Crippen LogP contribution in [0, 0.1) is 12.7 Å². The summed E-state index contributed by atoms with van der Waals surface area (Å²) in [7, 11) is 0. The molecule has 1 fully saturated rings. The average molecular weight is 344 g/mol. The summed E-state index contributed by atoms with van der Waals surface area (Å²) in [4.78, 5) is 18.4. The summed E-state index contributed by atoms with van der Waals surface area (Å²) in [5.41, 5.74) is 1.99. The van der Waals surface area contributed by atoms with Crippen LogP contribution in [0.2, 0.25) is 0 Å². The Morgan fingerprint density at radius 2 is 2.32 bits per heavy atom. The standard InChI is InChI=1S/C19H25FN4O/c1-15-12-16(20)6-7-18(15)24-10-2-4-17(13-24)22-19(25)5-3-9-23-11-8-21-14-23/h6-8,11-12,14,17H,2-5,9-10,13H2,1H3,(H,22,25)/t17-/m0/s1. The van der Waals surface area contributed by atoms with E-state index in [1.807, 2.05) is 23.8 Å². The molecule has 2 heterocycles. The fourth-order valence-corrected chi connectivity index (χ4v) is 3.43. The van der Waals surface area contributed by atoms with Crippen molar-refractivity contribution in [2.45, 2.75) is 45.2 Å². The smallest absolute Gasteiger partial charge is 0.220 e. The Hall–Kier alpha value is -2.37. The number of halogens is 1. The van der Waals surface area contributed by atoms with E-state index < -0.39 is 0 Å². The van der Waals surface area contributed by atoms with E-state index in [9.17, 15) is 9.18 Å². The number of rotatable bonds is 6. The van der Waals surface area contributed by atoms with Crippen LogP contribution in [0.4, 0.5) is 10.1 Å². The Kier molecular flexibility index (Phi) is 5.68. The number of hydrogen-bond donors (Lipinski definition) is 1. The molecule has 1 aromatic heterocycles. The van der Waals surface area contributed by atoms with Gasteiger partial charge in [-0.15, -0.1) is 0 Å². The normalized spacial score (nSPS) is 17.5. The van der Waals surface area contributed by atoms with Crippen LogP contribution >= 0.6 is 0 Å². The molecular weight excluding hydrogens is 319 g/mol. The van der Waals surface area contributed by atoms with E-state index in [0.29, 0.717) is 6.42 Å². The van der Waals surface area contributed by atoms with E-state index in [2.05, 4.69) is 15.2 Å². The Balaban J connectivity index is 1.48. The number of hydrogen-bond acceptors (Lipinski definition) is 3. The Morgan fingerprint density at radius 3 is 3.08 bits per heavy atom. The second-order valence-corrected chi connectivity index (χ2v) is 6.69. The first-order chi connectivity index (χ1) is 12.1. The molecule has 6 heteroatoms. The van der Waals surface area contributed by atoms with Gasteiger partial charge in [-0.25, -0.2) is 9.37 Å². The van der Waals surface area contributed by atoms with Gasteiger partial charge in [-0.2, -0.15) is 0 Å². The van der Waals surface area contributed by atoms with E-state index in [1.165, 1.54) is 6.07 Å². The number of nitrogens with one attached hydrogen (secondary N) is 1. The molecule has 0 radical (unpaired) electrons. The largest absolute Gasteiger partial charge is 0.369 e. The number of aryl methyl sites for hydroxylation is 2. The van der Waals surface area contributed by atoms with Gasteiger partial charge < -0.3 is 14.8 Å². The van der Waals surface area contributed by atoms with Gasteiger partial charge in [0.1, 0.15) is 5.82 Å². The maximum absolute atomic E-state index is 13.3. The van der Waals surface area contributed by atoms with Crippen molar-refractivity contribution in [1.29, 1.82) is 0 Å². The van der Waals surface area contributed by atoms with Crippen molar-refractivity contribution < 1.29 is 9.18 Å². The number of aromatic nitrogens is 2. The van der Waals surface area contributed by atoms with Gasteiger partial charge in [0.05, 0.1) is 6.33 Å². The summed E-state index contributed by atoms with van der Waals surface area (Å²) in [5, 5.41) is 3.15. The molecule has 0 unspecified atom stereocenters. The topological polar surface area (TPSA) is 50.2 Å². The Morgan fingerprint density at radius 1 is 1.44 bits per heavy atom. The number of carbonyl (C=O) groups is 1. The van der Waals surface area contributed by atoms with E-state index in [-0.39, 0.29) is 17.8 Å². The van der Waals surface area contributed by atoms with Crippen LogP contribution in [0.1, 0.15) is 31.2 Å². The lowest BCUT2D eigenvalue weighted by Crippen LogP contribution is -2.48. The summed E-state index contributed by atoms with van der Waals surface area (Å²) in [6.07, 6.45) is 8.75. The average Bonchev–Trinajstić information content (AvgIpc) is 3.08. The molecule has 1 aliphatic heterocycles. The molecule has 1 saturated heterocycles. The predicted molar refractivity (Wildman–Crippen MR) is 96.0 cm³/mol.